The minimum absolute atomic E-state index is 0.0300. The molecule has 0 spiro atoms. The molecule has 0 aliphatic carbocycles. The summed E-state index contributed by atoms with van der Waals surface area (Å²) in [5, 5.41) is 0. The van der Waals surface area contributed by atoms with Gasteiger partial charge in [-0.25, -0.2) is 0 Å². The molecule has 2 aromatic carbocycles. The Balaban J connectivity index is 2.36. The molecule has 0 saturated carbocycles. The molecule has 1 amide bonds. The van der Waals surface area contributed by atoms with Gasteiger partial charge in [0.05, 0.1) is 0 Å². The highest BCUT2D eigenvalue weighted by Gasteiger charge is 2.16. The normalized spacial score (nSPS) is 10.2. The first-order valence-electron chi connectivity index (χ1n) is 6.00. The first-order valence-corrected chi connectivity index (χ1v) is 6.00. The standard InChI is InChI=1S/C16H17NO/c1-12-8-4-6-10-14(12)16(18)17(3)15-11-7-5-9-13(15)2/h4-11H,1-3H3. The minimum atomic E-state index is 0.0300. The third-order valence-electron chi connectivity index (χ3n) is 3.16. The largest absolute Gasteiger partial charge is 0.311 e. The molecule has 0 aromatic heterocycles. The summed E-state index contributed by atoms with van der Waals surface area (Å²) in [4.78, 5) is 14.2. The Bertz CT molecular complexity index is 575. The highest BCUT2D eigenvalue weighted by atomic mass is 16.2. The molecule has 0 aliphatic rings. The molecule has 92 valence electrons. The summed E-state index contributed by atoms with van der Waals surface area (Å²) >= 11 is 0. The Morgan fingerprint density at radius 2 is 1.44 bits per heavy atom. The van der Waals surface area contributed by atoms with Crippen molar-refractivity contribution in [1.29, 1.82) is 0 Å². The van der Waals surface area contributed by atoms with Crippen LogP contribution in [0.25, 0.3) is 0 Å². The fraction of sp³-hybridized carbons (Fsp3) is 0.188. The Kier molecular flexibility index (Phi) is 3.47. The van der Waals surface area contributed by atoms with Crippen LogP contribution in [0.2, 0.25) is 0 Å². The molecule has 0 atom stereocenters. The molecule has 0 unspecified atom stereocenters. The van der Waals surface area contributed by atoms with E-state index in [1.807, 2.05) is 69.4 Å². The highest BCUT2D eigenvalue weighted by molar-refractivity contribution is 6.07. The van der Waals surface area contributed by atoms with Gasteiger partial charge < -0.3 is 4.90 Å². The van der Waals surface area contributed by atoms with Crippen molar-refractivity contribution >= 4 is 11.6 Å². The number of carbonyl (C=O) groups is 1. The molecule has 0 radical (unpaired) electrons. The predicted molar refractivity (Wildman–Crippen MR) is 75.1 cm³/mol. The van der Waals surface area contributed by atoms with Crippen LogP contribution in [0.1, 0.15) is 21.5 Å². The van der Waals surface area contributed by atoms with Crippen molar-refractivity contribution in [2.75, 3.05) is 11.9 Å². The van der Waals surface area contributed by atoms with E-state index in [0.717, 1.165) is 22.4 Å². The molecule has 18 heavy (non-hydrogen) atoms. The molecule has 2 aromatic rings. The zero-order valence-electron chi connectivity index (χ0n) is 11.0. The maximum atomic E-state index is 12.4. The molecule has 2 heteroatoms. The Hall–Kier alpha value is -2.09. The third-order valence-corrected chi connectivity index (χ3v) is 3.16. The van der Waals surface area contributed by atoms with Crippen LogP contribution in [0.5, 0.6) is 0 Å². The van der Waals surface area contributed by atoms with E-state index in [9.17, 15) is 4.79 Å². The van der Waals surface area contributed by atoms with Gasteiger partial charge in [-0.05, 0) is 37.1 Å². The number of carbonyl (C=O) groups excluding carboxylic acids is 1. The maximum Gasteiger partial charge on any atom is 0.258 e. The summed E-state index contributed by atoms with van der Waals surface area (Å²) in [5.74, 6) is 0.0300. The van der Waals surface area contributed by atoms with Crippen LogP contribution in [0, 0.1) is 13.8 Å². The van der Waals surface area contributed by atoms with Crippen LogP contribution < -0.4 is 4.90 Å². The first kappa shape index (κ1) is 12.4. The summed E-state index contributed by atoms with van der Waals surface area (Å²) in [5.41, 5.74) is 3.80. The number of hydrogen-bond donors (Lipinski definition) is 0. The monoisotopic (exact) mass is 239 g/mol. The van der Waals surface area contributed by atoms with Gasteiger partial charge in [-0.15, -0.1) is 0 Å². The number of amides is 1. The van der Waals surface area contributed by atoms with Gasteiger partial charge in [-0.2, -0.15) is 0 Å². The lowest BCUT2D eigenvalue weighted by Gasteiger charge is -2.20. The Labute approximate surface area is 108 Å². The highest BCUT2D eigenvalue weighted by Crippen LogP contribution is 2.20. The zero-order valence-corrected chi connectivity index (χ0v) is 11.0. The average molecular weight is 239 g/mol. The molecule has 0 fully saturated rings. The van der Waals surface area contributed by atoms with Gasteiger partial charge in [0, 0.05) is 18.3 Å². The Morgan fingerprint density at radius 1 is 0.889 bits per heavy atom. The second-order valence-corrected chi connectivity index (χ2v) is 4.47. The van der Waals surface area contributed by atoms with Crippen molar-refractivity contribution < 1.29 is 4.79 Å². The van der Waals surface area contributed by atoms with Crippen molar-refractivity contribution in [3.63, 3.8) is 0 Å². The van der Waals surface area contributed by atoms with Crippen LogP contribution in [0.3, 0.4) is 0 Å². The Morgan fingerprint density at radius 3 is 2.06 bits per heavy atom. The SMILES string of the molecule is Cc1ccccc1C(=O)N(C)c1ccccc1C. The van der Waals surface area contributed by atoms with E-state index in [1.54, 1.807) is 4.90 Å². The van der Waals surface area contributed by atoms with Gasteiger partial charge in [0.25, 0.3) is 5.91 Å². The number of rotatable bonds is 2. The van der Waals surface area contributed by atoms with Gasteiger partial charge in [0.15, 0.2) is 0 Å². The van der Waals surface area contributed by atoms with Crippen molar-refractivity contribution in [3.05, 3.63) is 65.2 Å². The molecular weight excluding hydrogens is 222 g/mol. The molecule has 2 rings (SSSR count). The lowest BCUT2D eigenvalue weighted by Crippen LogP contribution is -2.27. The van der Waals surface area contributed by atoms with E-state index in [2.05, 4.69) is 0 Å². The van der Waals surface area contributed by atoms with Crippen LogP contribution in [-0.4, -0.2) is 13.0 Å². The fourth-order valence-corrected chi connectivity index (χ4v) is 2.04. The van der Waals surface area contributed by atoms with Gasteiger partial charge in [0.2, 0.25) is 0 Å². The van der Waals surface area contributed by atoms with Crippen molar-refractivity contribution in [2.24, 2.45) is 0 Å². The molecule has 0 saturated heterocycles. The summed E-state index contributed by atoms with van der Waals surface area (Å²) in [6.45, 7) is 3.97. The van der Waals surface area contributed by atoms with Crippen molar-refractivity contribution in [3.8, 4) is 0 Å². The molecule has 0 heterocycles. The second kappa shape index (κ2) is 5.05. The molecule has 0 aliphatic heterocycles. The molecule has 0 N–H and O–H groups in total. The predicted octanol–water partition coefficient (Wildman–Crippen LogP) is 3.58. The van der Waals surface area contributed by atoms with Crippen LogP contribution in [-0.2, 0) is 0 Å². The summed E-state index contributed by atoms with van der Waals surface area (Å²) in [6, 6.07) is 15.6. The van der Waals surface area contributed by atoms with E-state index in [0.29, 0.717) is 0 Å². The minimum Gasteiger partial charge on any atom is -0.311 e. The lowest BCUT2D eigenvalue weighted by atomic mass is 10.1. The average Bonchev–Trinajstić information content (AvgIpc) is 2.38. The maximum absolute atomic E-state index is 12.4. The van der Waals surface area contributed by atoms with Crippen molar-refractivity contribution in [2.45, 2.75) is 13.8 Å². The zero-order chi connectivity index (χ0) is 13.1. The van der Waals surface area contributed by atoms with Gasteiger partial charge in [-0.3, -0.25) is 4.79 Å². The number of benzene rings is 2. The van der Waals surface area contributed by atoms with E-state index in [4.69, 9.17) is 0 Å². The number of anilines is 1. The third kappa shape index (κ3) is 2.28. The van der Waals surface area contributed by atoms with Crippen LogP contribution >= 0.6 is 0 Å². The first-order chi connectivity index (χ1) is 8.61. The van der Waals surface area contributed by atoms with Crippen molar-refractivity contribution in [1.82, 2.24) is 0 Å². The smallest absolute Gasteiger partial charge is 0.258 e. The topological polar surface area (TPSA) is 20.3 Å². The molecular formula is C16H17NO. The number of hydrogen-bond acceptors (Lipinski definition) is 1. The van der Waals surface area contributed by atoms with Gasteiger partial charge in [0.1, 0.15) is 0 Å². The van der Waals surface area contributed by atoms with E-state index >= 15 is 0 Å². The van der Waals surface area contributed by atoms with Crippen LogP contribution in [0.4, 0.5) is 5.69 Å². The lowest BCUT2D eigenvalue weighted by molar-refractivity contribution is 0.0992. The number of nitrogens with zero attached hydrogens (tertiary/aromatic N) is 1. The fourth-order valence-electron chi connectivity index (χ4n) is 2.04. The summed E-state index contributed by atoms with van der Waals surface area (Å²) in [7, 11) is 1.82. The number of para-hydroxylation sites is 1. The van der Waals surface area contributed by atoms with Gasteiger partial charge in [-0.1, -0.05) is 36.4 Å². The van der Waals surface area contributed by atoms with Crippen LogP contribution in [0.15, 0.2) is 48.5 Å². The molecule has 2 nitrogen and oxygen atoms in total. The quantitative estimate of drug-likeness (QED) is 0.784. The van der Waals surface area contributed by atoms with Gasteiger partial charge >= 0.3 is 0 Å². The summed E-state index contributed by atoms with van der Waals surface area (Å²) < 4.78 is 0. The summed E-state index contributed by atoms with van der Waals surface area (Å²) in [6.07, 6.45) is 0. The van der Waals surface area contributed by atoms with E-state index < -0.39 is 0 Å². The van der Waals surface area contributed by atoms with E-state index in [1.165, 1.54) is 0 Å². The van der Waals surface area contributed by atoms with E-state index in [-0.39, 0.29) is 5.91 Å². The molecule has 0 bridgehead atoms. The second-order valence-electron chi connectivity index (χ2n) is 4.47. The number of aryl methyl sites for hydroxylation is 2.